The maximum absolute atomic E-state index is 15.0. The molecule has 12 heteroatoms. The molecule has 11 nitrogen and oxygen atoms in total. The van der Waals surface area contributed by atoms with Crippen LogP contribution in [-0.2, 0) is 27.5 Å². The van der Waals surface area contributed by atoms with Crippen molar-refractivity contribution >= 4 is 11.8 Å². The van der Waals surface area contributed by atoms with E-state index in [2.05, 4.69) is 30.5 Å². The highest BCUT2D eigenvalue weighted by atomic mass is 19.1. The second-order valence-electron chi connectivity index (χ2n) is 19.8. The molecule has 3 aromatic carbocycles. The SMILES string of the molecule is C=CCO[C@@]12Oc3ccc(OCCN4CC4)cc3[C@H]3[C@H](CCCCO)[C@@H](CCCCO)C=C(C(=NOCc4ccccc4)C[C@@H]1N(Cc1ccc(F)cc1)C(=O)OCCCCCCCCCCCC)[C@H]32. The molecule has 2 aliphatic heterocycles. The van der Waals surface area contributed by atoms with Crippen molar-refractivity contribution in [2.24, 2.45) is 22.9 Å². The number of benzene rings is 3. The van der Waals surface area contributed by atoms with Gasteiger partial charge >= 0.3 is 6.09 Å². The third kappa shape index (κ3) is 14.4. The molecule has 1 saturated heterocycles. The zero-order valence-corrected chi connectivity index (χ0v) is 41.8. The Morgan fingerprint density at radius 3 is 2.29 bits per heavy atom. The Bertz CT molecular complexity index is 2110. The smallest absolute Gasteiger partial charge is 0.410 e. The van der Waals surface area contributed by atoms with Gasteiger partial charge in [-0.1, -0.05) is 137 Å². The molecular formula is C58H80FN3O8. The predicted octanol–water partition coefficient (Wildman–Crippen LogP) is 11.9. The van der Waals surface area contributed by atoms with Gasteiger partial charge in [0.15, 0.2) is 0 Å². The van der Waals surface area contributed by atoms with Crippen LogP contribution in [0.1, 0.15) is 139 Å². The number of fused-ring (bicyclic) bond motifs is 2. The van der Waals surface area contributed by atoms with Crippen molar-refractivity contribution in [2.45, 2.75) is 147 Å². The molecule has 0 aromatic heterocycles. The van der Waals surface area contributed by atoms with E-state index in [1.54, 1.807) is 23.1 Å². The summed E-state index contributed by atoms with van der Waals surface area (Å²) < 4.78 is 41.8. The summed E-state index contributed by atoms with van der Waals surface area (Å²) in [6.45, 7) is 10.9. The second-order valence-corrected chi connectivity index (χ2v) is 19.8. The number of aliphatic hydroxyl groups is 2. The highest BCUT2D eigenvalue weighted by Gasteiger charge is 2.65. The minimum atomic E-state index is -1.47. The molecule has 2 N–H and O–H groups in total. The van der Waals surface area contributed by atoms with Gasteiger partial charge in [0.2, 0.25) is 5.79 Å². The molecular weight excluding hydrogens is 886 g/mol. The van der Waals surface area contributed by atoms with Crippen LogP contribution in [0.2, 0.25) is 0 Å². The first-order valence-electron chi connectivity index (χ1n) is 26.7. The van der Waals surface area contributed by atoms with Gasteiger partial charge in [0, 0.05) is 57.3 Å². The molecule has 1 saturated carbocycles. The number of unbranched alkanes of at least 4 members (excludes halogenated alkanes) is 11. The summed E-state index contributed by atoms with van der Waals surface area (Å²) in [6.07, 6.45) is 20.0. The molecule has 0 spiro atoms. The molecule has 7 rings (SSSR count). The van der Waals surface area contributed by atoms with Crippen molar-refractivity contribution < 1.29 is 43.2 Å². The fraction of sp³-hybridized carbons (Fsp3) is 0.586. The van der Waals surface area contributed by atoms with Gasteiger partial charge in [-0.05, 0) is 91.0 Å². The van der Waals surface area contributed by atoms with E-state index in [0.29, 0.717) is 30.9 Å². The highest BCUT2D eigenvalue weighted by molar-refractivity contribution is 6.03. The largest absolute Gasteiger partial charge is 0.492 e. The summed E-state index contributed by atoms with van der Waals surface area (Å²) in [5, 5.41) is 25.1. The lowest BCUT2D eigenvalue weighted by Crippen LogP contribution is -2.70. The Labute approximate surface area is 417 Å². The molecule has 1 amide bonds. The zero-order valence-electron chi connectivity index (χ0n) is 41.8. The Morgan fingerprint density at radius 2 is 1.59 bits per heavy atom. The lowest BCUT2D eigenvalue weighted by atomic mass is 9.55. The first-order chi connectivity index (χ1) is 34.4. The summed E-state index contributed by atoms with van der Waals surface area (Å²) in [5.41, 5.74) is 4.34. The molecule has 2 heterocycles. The van der Waals surface area contributed by atoms with Crippen molar-refractivity contribution in [1.82, 2.24) is 9.80 Å². The number of amides is 1. The second kappa shape index (κ2) is 27.7. The van der Waals surface area contributed by atoms with Crippen molar-refractivity contribution in [2.75, 3.05) is 52.7 Å². The summed E-state index contributed by atoms with van der Waals surface area (Å²) in [4.78, 5) is 25.4. The van der Waals surface area contributed by atoms with E-state index in [9.17, 15) is 14.6 Å². The van der Waals surface area contributed by atoms with Gasteiger partial charge in [-0.3, -0.25) is 9.80 Å². The Hall–Kier alpha value is -4.75. The topological polar surface area (TPSA) is 122 Å². The number of ether oxygens (including phenoxy) is 4. The minimum absolute atomic E-state index is 0.0558. The van der Waals surface area contributed by atoms with Crippen molar-refractivity contribution in [3.05, 3.63) is 120 Å². The van der Waals surface area contributed by atoms with Crippen LogP contribution in [0.5, 0.6) is 11.5 Å². The summed E-state index contributed by atoms with van der Waals surface area (Å²) in [5.74, 6) is -1.00. The average Bonchev–Trinajstić information content (AvgIpc) is 4.21. The number of carbonyl (C=O) groups excluding carboxylic acids is 1. The molecule has 2 aliphatic carbocycles. The number of hydrogen-bond donors (Lipinski definition) is 2. The van der Waals surface area contributed by atoms with Gasteiger partial charge in [0.05, 0.1) is 24.8 Å². The maximum atomic E-state index is 15.0. The van der Waals surface area contributed by atoms with Crippen molar-refractivity contribution in [3.8, 4) is 11.5 Å². The Morgan fingerprint density at radius 1 is 0.871 bits per heavy atom. The Balaban J connectivity index is 1.31. The number of hydrogen-bond acceptors (Lipinski definition) is 10. The van der Waals surface area contributed by atoms with Gasteiger partial charge in [0.25, 0.3) is 0 Å². The molecule has 382 valence electrons. The summed E-state index contributed by atoms with van der Waals surface area (Å²) >= 11 is 0. The quantitative estimate of drug-likeness (QED) is 0.0272. The van der Waals surface area contributed by atoms with Gasteiger partial charge in [-0.25, -0.2) is 9.18 Å². The van der Waals surface area contributed by atoms with Crippen molar-refractivity contribution in [3.63, 3.8) is 0 Å². The number of allylic oxidation sites excluding steroid dienone is 1. The van der Waals surface area contributed by atoms with Crippen LogP contribution in [0.4, 0.5) is 9.18 Å². The lowest BCUT2D eigenvalue weighted by Gasteiger charge is -2.59. The number of oxime groups is 1. The van der Waals surface area contributed by atoms with Crippen LogP contribution in [0.15, 0.2) is 102 Å². The molecule has 0 bridgehead atoms. The average molecular weight is 966 g/mol. The van der Waals surface area contributed by atoms with Gasteiger partial charge in [-0.2, -0.15) is 0 Å². The third-order valence-corrected chi connectivity index (χ3v) is 14.7. The van der Waals surface area contributed by atoms with E-state index >= 15 is 4.79 Å². The van der Waals surface area contributed by atoms with E-state index in [4.69, 9.17) is 28.9 Å². The van der Waals surface area contributed by atoms with Gasteiger partial charge in [0.1, 0.15) is 36.6 Å². The number of nitrogens with zero attached hydrogens (tertiary/aromatic N) is 3. The van der Waals surface area contributed by atoms with Crippen LogP contribution in [0.25, 0.3) is 0 Å². The van der Waals surface area contributed by atoms with E-state index in [-0.39, 0.29) is 69.6 Å². The molecule has 70 heavy (non-hydrogen) atoms. The first-order valence-corrected chi connectivity index (χ1v) is 26.7. The summed E-state index contributed by atoms with van der Waals surface area (Å²) in [7, 11) is 0. The number of halogens is 1. The Kier molecular flexibility index (Phi) is 21.0. The van der Waals surface area contributed by atoms with Crippen LogP contribution < -0.4 is 9.47 Å². The van der Waals surface area contributed by atoms with Gasteiger partial charge in [-0.15, -0.1) is 6.58 Å². The lowest BCUT2D eigenvalue weighted by molar-refractivity contribution is -0.256. The number of carbonyl (C=O) groups is 1. The predicted molar refractivity (Wildman–Crippen MR) is 273 cm³/mol. The third-order valence-electron chi connectivity index (χ3n) is 14.7. The fourth-order valence-electron chi connectivity index (χ4n) is 11.0. The fourth-order valence-corrected chi connectivity index (χ4v) is 11.0. The highest BCUT2D eigenvalue weighted by Crippen LogP contribution is 2.62. The number of aliphatic hydroxyl groups excluding tert-OH is 2. The minimum Gasteiger partial charge on any atom is -0.492 e. The van der Waals surface area contributed by atoms with E-state index in [1.807, 2.05) is 42.5 Å². The monoisotopic (exact) mass is 966 g/mol. The van der Waals surface area contributed by atoms with Gasteiger partial charge < -0.3 is 34.0 Å². The number of rotatable bonds is 32. The van der Waals surface area contributed by atoms with E-state index in [0.717, 1.165) is 92.6 Å². The molecule has 6 atom stereocenters. The maximum Gasteiger partial charge on any atom is 0.410 e. The molecule has 0 unspecified atom stereocenters. The van der Waals surface area contributed by atoms with Crippen LogP contribution in [0.3, 0.4) is 0 Å². The molecule has 2 fully saturated rings. The molecule has 0 radical (unpaired) electrons. The van der Waals surface area contributed by atoms with E-state index < -0.39 is 23.8 Å². The van der Waals surface area contributed by atoms with Crippen LogP contribution in [0, 0.1) is 23.6 Å². The van der Waals surface area contributed by atoms with Crippen LogP contribution in [-0.4, -0.2) is 96.3 Å². The van der Waals surface area contributed by atoms with E-state index in [1.165, 1.54) is 57.1 Å². The standard InChI is InChI=1S/C58H80FN3O8/c1-3-5-6-7-8-9-10-11-12-20-37-67-57(65)62(42-44-25-27-47(59)28-26-44)54-41-52(60-69-43-45-21-14-13-15-22-45)50-39-46(23-16-18-34-63)49(24-17-19-35-64)55-51-40-48(66-38-33-61-31-32-61)29-30-53(51)70-58(54,56(50)55)68-36-4-2/h4,13-15,21-22,25-30,39-40,46,49,54-56,63-64H,2-3,5-12,16-20,23-24,31-38,41-43H2,1H3/t46-,49+,54-,55+,56+,58+/m0/s1. The molecule has 4 aliphatic rings. The van der Waals surface area contributed by atoms with Crippen LogP contribution >= 0.6 is 0 Å². The van der Waals surface area contributed by atoms with Crippen molar-refractivity contribution in [1.29, 1.82) is 0 Å². The normalized spacial score (nSPS) is 22.9. The zero-order chi connectivity index (χ0) is 49.0. The molecule has 3 aromatic rings. The first kappa shape index (κ1) is 53.1. The summed E-state index contributed by atoms with van der Waals surface area (Å²) in [6, 6.07) is 21.4.